The van der Waals surface area contributed by atoms with Crippen LogP contribution in [0, 0.1) is 20.8 Å². The number of nitrogens with one attached hydrogen (secondary N) is 3. The van der Waals surface area contributed by atoms with Crippen molar-refractivity contribution >= 4 is 17.5 Å². The molecule has 0 radical (unpaired) electrons. The summed E-state index contributed by atoms with van der Waals surface area (Å²) in [6, 6.07) is 4.40. The molecule has 1 saturated heterocycles. The van der Waals surface area contributed by atoms with E-state index in [9.17, 15) is 9.59 Å². The van der Waals surface area contributed by atoms with E-state index in [-0.39, 0.29) is 18.4 Å². The SMILES string of the molecule is Cc1cc(C)c(NC(=O)CNC(=O)CN2CCNC[C@H]2C)c(C)c1. The Labute approximate surface area is 144 Å². The van der Waals surface area contributed by atoms with Gasteiger partial charge in [-0.25, -0.2) is 0 Å². The Balaban J connectivity index is 1.82. The summed E-state index contributed by atoms with van der Waals surface area (Å²) in [6.45, 7) is 11.0. The monoisotopic (exact) mass is 332 g/mol. The third kappa shape index (κ3) is 5.04. The molecule has 0 saturated carbocycles. The summed E-state index contributed by atoms with van der Waals surface area (Å²) in [5.74, 6) is -0.317. The molecule has 1 fully saturated rings. The second-order valence-corrected chi connectivity index (χ2v) is 6.62. The molecular weight excluding hydrogens is 304 g/mol. The maximum Gasteiger partial charge on any atom is 0.243 e. The van der Waals surface area contributed by atoms with Crippen LogP contribution >= 0.6 is 0 Å². The van der Waals surface area contributed by atoms with E-state index in [1.165, 1.54) is 5.56 Å². The summed E-state index contributed by atoms with van der Waals surface area (Å²) in [6.07, 6.45) is 0. The molecule has 6 nitrogen and oxygen atoms in total. The van der Waals surface area contributed by atoms with Crippen molar-refractivity contribution < 1.29 is 9.59 Å². The highest BCUT2D eigenvalue weighted by Crippen LogP contribution is 2.21. The molecule has 1 aromatic carbocycles. The van der Waals surface area contributed by atoms with Gasteiger partial charge in [0, 0.05) is 31.4 Å². The van der Waals surface area contributed by atoms with E-state index in [1.54, 1.807) is 0 Å². The maximum absolute atomic E-state index is 12.1. The summed E-state index contributed by atoms with van der Waals surface area (Å²) >= 11 is 0. The molecule has 132 valence electrons. The van der Waals surface area contributed by atoms with Gasteiger partial charge >= 0.3 is 0 Å². The molecule has 0 aromatic heterocycles. The molecule has 0 spiro atoms. The number of aryl methyl sites for hydroxylation is 3. The second kappa shape index (κ2) is 8.26. The molecule has 1 heterocycles. The molecule has 24 heavy (non-hydrogen) atoms. The number of piperazine rings is 1. The van der Waals surface area contributed by atoms with Gasteiger partial charge in [-0.2, -0.15) is 0 Å². The third-order valence-corrected chi connectivity index (χ3v) is 4.37. The Morgan fingerprint density at radius 1 is 1.21 bits per heavy atom. The Bertz CT molecular complexity index is 592. The van der Waals surface area contributed by atoms with Gasteiger partial charge in [-0.3, -0.25) is 14.5 Å². The maximum atomic E-state index is 12.1. The molecule has 0 bridgehead atoms. The number of carbonyl (C=O) groups excluding carboxylic acids is 2. The average Bonchev–Trinajstić information content (AvgIpc) is 2.51. The fraction of sp³-hybridized carbons (Fsp3) is 0.556. The highest BCUT2D eigenvalue weighted by Gasteiger charge is 2.20. The Morgan fingerprint density at radius 2 is 1.88 bits per heavy atom. The number of rotatable bonds is 5. The van der Waals surface area contributed by atoms with E-state index < -0.39 is 0 Å². The largest absolute Gasteiger partial charge is 0.346 e. The van der Waals surface area contributed by atoms with Crippen molar-refractivity contribution in [1.29, 1.82) is 0 Å². The minimum atomic E-state index is -0.202. The zero-order valence-electron chi connectivity index (χ0n) is 15.0. The van der Waals surface area contributed by atoms with Crippen LogP contribution in [0.4, 0.5) is 5.69 Å². The van der Waals surface area contributed by atoms with Crippen LogP contribution in [-0.4, -0.2) is 55.5 Å². The van der Waals surface area contributed by atoms with Crippen LogP contribution in [0.5, 0.6) is 0 Å². The number of nitrogens with zero attached hydrogens (tertiary/aromatic N) is 1. The Morgan fingerprint density at radius 3 is 2.50 bits per heavy atom. The predicted octanol–water partition coefficient (Wildman–Crippen LogP) is 0.960. The average molecular weight is 332 g/mol. The van der Waals surface area contributed by atoms with Crippen molar-refractivity contribution in [3.63, 3.8) is 0 Å². The van der Waals surface area contributed by atoms with Crippen LogP contribution in [0.2, 0.25) is 0 Å². The Kier molecular flexibility index (Phi) is 6.34. The van der Waals surface area contributed by atoms with Crippen molar-refractivity contribution in [3.05, 3.63) is 28.8 Å². The van der Waals surface area contributed by atoms with Crippen molar-refractivity contribution in [3.8, 4) is 0 Å². The van der Waals surface area contributed by atoms with Crippen LogP contribution in [0.1, 0.15) is 23.6 Å². The van der Waals surface area contributed by atoms with Crippen LogP contribution in [0.3, 0.4) is 0 Å². The lowest BCUT2D eigenvalue weighted by Crippen LogP contribution is -2.53. The standard InChI is InChI=1S/C18H28N4O2/c1-12-7-13(2)18(14(3)8-12)21-16(23)10-20-17(24)11-22-6-5-19-9-15(22)4/h7-8,15,19H,5-6,9-11H2,1-4H3,(H,20,24)(H,21,23)/t15-/m1/s1. The first-order valence-electron chi connectivity index (χ1n) is 8.46. The van der Waals surface area contributed by atoms with Crippen LogP contribution < -0.4 is 16.0 Å². The molecule has 3 N–H and O–H groups in total. The number of carbonyl (C=O) groups is 2. The third-order valence-electron chi connectivity index (χ3n) is 4.37. The fourth-order valence-electron chi connectivity index (χ4n) is 3.10. The van der Waals surface area contributed by atoms with Gasteiger partial charge in [-0.1, -0.05) is 17.7 Å². The van der Waals surface area contributed by atoms with Gasteiger partial charge in [0.15, 0.2) is 0 Å². The summed E-state index contributed by atoms with van der Waals surface area (Å²) in [5.41, 5.74) is 4.06. The molecule has 2 amide bonds. The summed E-state index contributed by atoms with van der Waals surface area (Å²) in [7, 11) is 0. The van der Waals surface area contributed by atoms with Gasteiger partial charge in [0.1, 0.15) is 0 Å². The predicted molar refractivity (Wildman–Crippen MR) is 96.2 cm³/mol. The van der Waals surface area contributed by atoms with Crippen LogP contribution in [-0.2, 0) is 9.59 Å². The number of benzene rings is 1. The van der Waals surface area contributed by atoms with E-state index in [0.717, 1.165) is 36.4 Å². The van der Waals surface area contributed by atoms with Crippen molar-refractivity contribution in [2.75, 3.05) is 38.0 Å². The number of amides is 2. The zero-order valence-corrected chi connectivity index (χ0v) is 15.0. The van der Waals surface area contributed by atoms with E-state index >= 15 is 0 Å². The van der Waals surface area contributed by atoms with Gasteiger partial charge in [-0.15, -0.1) is 0 Å². The molecular formula is C18H28N4O2. The number of hydrogen-bond acceptors (Lipinski definition) is 4. The first kappa shape index (κ1) is 18.4. The van der Waals surface area contributed by atoms with Gasteiger partial charge in [0.25, 0.3) is 0 Å². The molecule has 1 aliphatic heterocycles. The lowest BCUT2D eigenvalue weighted by molar-refractivity contribution is -0.125. The van der Waals surface area contributed by atoms with Crippen LogP contribution in [0.25, 0.3) is 0 Å². The quantitative estimate of drug-likeness (QED) is 0.751. The molecule has 6 heteroatoms. The molecule has 0 unspecified atom stereocenters. The van der Waals surface area contributed by atoms with E-state index in [1.807, 2.05) is 32.9 Å². The second-order valence-electron chi connectivity index (χ2n) is 6.62. The van der Waals surface area contributed by atoms with E-state index in [0.29, 0.717) is 12.6 Å². The van der Waals surface area contributed by atoms with Crippen molar-refractivity contribution in [2.45, 2.75) is 33.7 Å². The fourth-order valence-corrected chi connectivity index (χ4v) is 3.10. The number of anilines is 1. The van der Waals surface area contributed by atoms with Gasteiger partial charge in [0.05, 0.1) is 13.1 Å². The van der Waals surface area contributed by atoms with E-state index in [4.69, 9.17) is 0 Å². The van der Waals surface area contributed by atoms with Crippen molar-refractivity contribution in [1.82, 2.24) is 15.5 Å². The van der Waals surface area contributed by atoms with Crippen molar-refractivity contribution in [2.24, 2.45) is 0 Å². The molecule has 0 aliphatic carbocycles. The molecule has 1 aromatic rings. The Hall–Kier alpha value is -1.92. The molecule has 1 aliphatic rings. The first-order chi connectivity index (χ1) is 11.4. The van der Waals surface area contributed by atoms with Crippen LogP contribution in [0.15, 0.2) is 12.1 Å². The summed E-state index contributed by atoms with van der Waals surface area (Å²) in [4.78, 5) is 26.3. The van der Waals surface area contributed by atoms with Gasteiger partial charge < -0.3 is 16.0 Å². The normalized spacial score (nSPS) is 18.2. The molecule has 2 rings (SSSR count). The van der Waals surface area contributed by atoms with Gasteiger partial charge in [-0.05, 0) is 38.8 Å². The van der Waals surface area contributed by atoms with Gasteiger partial charge in [0.2, 0.25) is 11.8 Å². The first-order valence-corrected chi connectivity index (χ1v) is 8.46. The lowest BCUT2D eigenvalue weighted by atomic mass is 10.1. The highest BCUT2D eigenvalue weighted by atomic mass is 16.2. The summed E-state index contributed by atoms with van der Waals surface area (Å²) < 4.78 is 0. The highest BCUT2D eigenvalue weighted by molar-refractivity contribution is 5.96. The topological polar surface area (TPSA) is 73.5 Å². The number of hydrogen-bond donors (Lipinski definition) is 3. The summed E-state index contributed by atoms with van der Waals surface area (Å²) in [5, 5.41) is 8.90. The minimum absolute atomic E-state index is 0.00788. The smallest absolute Gasteiger partial charge is 0.243 e. The minimum Gasteiger partial charge on any atom is -0.346 e. The lowest BCUT2D eigenvalue weighted by Gasteiger charge is -2.33. The van der Waals surface area contributed by atoms with E-state index in [2.05, 4.69) is 27.8 Å². The molecule has 1 atom stereocenters. The zero-order chi connectivity index (χ0) is 17.7.